The first-order valence-corrected chi connectivity index (χ1v) is 5.91. The maximum absolute atomic E-state index is 12.9. The summed E-state index contributed by atoms with van der Waals surface area (Å²) in [6.07, 6.45) is 1.06. The minimum Gasteiger partial charge on any atom is -0.306 e. The fourth-order valence-electron chi connectivity index (χ4n) is 2.46. The van der Waals surface area contributed by atoms with Crippen LogP contribution in [-0.4, -0.2) is 6.54 Å². The summed E-state index contributed by atoms with van der Waals surface area (Å²) in [7, 11) is 0. The van der Waals surface area contributed by atoms with Crippen LogP contribution in [0.25, 0.3) is 0 Å². The summed E-state index contributed by atoms with van der Waals surface area (Å²) in [6, 6.07) is 15.4. The molecule has 2 aromatic rings. The number of fused-ring (bicyclic) bond motifs is 1. The zero-order valence-electron chi connectivity index (χ0n) is 9.90. The number of benzene rings is 2. The molecule has 3 rings (SSSR count). The molecule has 18 heavy (non-hydrogen) atoms. The van der Waals surface area contributed by atoms with Gasteiger partial charge >= 0.3 is 0 Å². The molecule has 1 aliphatic rings. The second-order valence-electron chi connectivity index (χ2n) is 4.39. The van der Waals surface area contributed by atoms with Crippen LogP contribution >= 0.6 is 12.4 Å². The average molecular weight is 264 g/mol. The molecular weight excluding hydrogens is 249 g/mol. The third kappa shape index (κ3) is 2.40. The van der Waals surface area contributed by atoms with Crippen molar-refractivity contribution in [1.29, 1.82) is 0 Å². The topological polar surface area (TPSA) is 12.0 Å². The molecule has 0 aliphatic carbocycles. The van der Waals surface area contributed by atoms with E-state index in [2.05, 4.69) is 29.6 Å². The lowest BCUT2D eigenvalue weighted by Gasteiger charge is -2.27. The van der Waals surface area contributed by atoms with Gasteiger partial charge in [-0.05, 0) is 35.2 Å². The molecule has 1 unspecified atom stereocenters. The van der Waals surface area contributed by atoms with Crippen LogP contribution in [0.1, 0.15) is 22.7 Å². The third-order valence-corrected chi connectivity index (χ3v) is 3.31. The van der Waals surface area contributed by atoms with Gasteiger partial charge in [-0.15, -0.1) is 12.4 Å². The summed E-state index contributed by atoms with van der Waals surface area (Å²) in [5.41, 5.74) is 3.82. The molecule has 1 nitrogen and oxygen atoms in total. The Bertz CT molecular complexity index is 524. The summed E-state index contributed by atoms with van der Waals surface area (Å²) in [6.45, 7) is 0.971. The van der Waals surface area contributed by atoms with Crippen molar-refractivity contribution in [3.63, 3.8) is 0 Å². The zero-order chi connectivity index (χ0) is 11.7. The Labute approximate surface area is 112 Å². The van der Waals surface area contributed by atoms with Gasteiger partial charge in [0.05, 0.1) is 6.04 Å². The van der Waals surface area contributed by atoms with Crippen molar-refractivity contribution in [2.75, 3.05) is 6.54 Å². The van der Waals surface area contributed by atoms with Gasteiger partial charge < -0.3 is 5.32 Å². The highest BCUT2D eigenvalue weighted by Gasteiger charge is 2.20. The largest absolute Gasteiger partial charge is 0.306 e. The first-order valence-electron chi connectivity index (χ1n) is 5.91. The van der Waals surface area contributed by atoms with Crippen molar-refractivity contribution < 1.29 is 4.39 Å². The van der Waals surface area contributed by atoms with Crippen LogP contribution in [0.5, 0.6) is 0 Å². The van der Waals surface area contributed by atoms with Crippen LogP contribution < -0.4 is 5.32 Å². The molecule has 94 valence electrons. The molecule has 0 aromatic heterocycles. The molecule has 1 aliphatic heterocycles. The van der Waals surface area contributed by atoms with E-state index in [1.807, 2.05) is 12.1 Å². The number of rotatable bonds is 1. The summed E-state index contributed by atoms with van der Waals surface area (Å²) >= 11 is 0. The van der Waals surface area contributed by atoms with Crippen LogP contribution in [0.4, 0.5) is 4.39 Å². The van der Waals surface area contributed by atoms with Gasteiger partial charge in [0, 0.05) is 6.54 Å². The molecule has 0 saturated heterocycles. The lowest BCUT2D eigenvalue weighted by Crippen LogP contribution is -2.30. The van der Waals surface area contributed by atoms with Crippen LogP contribution in [0, 0.1) is 5.82 Å². The number of nitrogens with one attached hydrogen (secondary N) is 1. The van der Waals surface area contributed by atoms with E-state index >= 15 is 0 Å². The van der Waals surface area contributed by atoms with Gasteiger partial charge in [-0.3, -0.25) is 0 Å². The van der Waals surface area contributed by atoms with Gasteiger partial charge in [0.2, 0.25) is 0 Å². The standard InChI is InChI=1S/C15H14FN.ClH/c16-13-7-5-12(6-8-13)15-14-4-2-1-3-11(14)9-10-17-15;/h1-8,15,17H,9-10H2;1H. The Morgan fingerprint density at radius 2 is 1.72 bits per heavy atom. The van der Waals surface area contributed by atoms with Gasteiger partial charge in [0.25, 0.3) is 0 Å². The quantitative estimate of drug-likeness (QED) is 0.831. The van der Waals surface area contributed by atoms with E-state index in [1.54, 1.807) is 0 Å². The third-order valence-electron chi connectivity index (χ3n) is 3.31. The Kier molecular flexibility index (Phi) is 4.00. The van der Waals surface area contributed by atoms with E-state index in [0.717, 1.165) is 18.5 Å². The molecule has 0 bridgehead atoms. The smallest absolute Gasteiger partial charge is 0.123 e. The lowest BCUT2D eigenvalue weighted by atomic mass is 9.90. The van der Waals surface area contributed by atoms with E-state index in [-0.39, 0.29) is 24.3 Å². The first-order chi connectivity index (χ1) is 8.34. The Hall–Kier alpha value is -1.38. The summed E-state index contributed by atoms with van der Waals surface area (Å²) in [5.74, 6) is -0.183. The lowest BCUT2D eigenvalue weighted by molar-refractivity contribution is 0.565. The highest BCUT2D eigenvalue weighted by molar-refractivity contribution is 5.85. The molecule has 1 heterocycles. The zero-order valence-corrected chi connectivity index (χ0v) is 10.7. The molecule has 3 heteroatoms. The van der Waals surface area contributed by atoms with E-state index in [9.17, 15) is 4.39 Å². The molecule has 0 spiro atoms. The number of halogens is 2. The minimum atomic E-state index is -0.183. The molecule has 0 radical (unpaired) electrons. The summed E-state index contributed by atoms with van der Waals surface area (Å²) in [5, 5.41) is 3.49. The minimum absolute atomic E-state index is 0. The van der Waals surface area contributed by atoms with Crippen molar-refractivity contribution in [2.24, 2.45) is 0 Å². The second kappa shape index (κ2) is 5.51. The normalized spacial score (nSPS) is 17.7. The maximum atomic E-state index is 12.9. The Morgan fingerprint density at radius 3 is 2.50 bits per heavy atom. The number of hydrogen-bond acceptors (Lipinski definition) is 1. The molecule has 0 fully saturated rings. The predicted molar refractivity (Wildman–Crippen MR) is 73.6 cm³/mol. The maximum Gasteiger partial charge on any atom is 0.123 e. The second-order valence-corrected chi connectivity index (χ2v) is 4.39. The van der Waals surface area contributed by atoms with E-state index in [0.29, 0.717) is 0 Å². The molecule has 0 saturated carbocycles. The predicted octanol–water partition coefficient (Wildman–Crippen LogP) is 3.48. The fraction of sp³-hybridized carbons (Fsp3) is 0.200. The van der Waals surface area contributed by atoms with Gasteiger partial charge in [0.15, 0.2) is 0 Å². The van der Waals surface area contributed by atoms with Crippen molar-refractivity contribution in [2.45, 2.75) is 12.5 Å². The molecule has 0 amide bonds. The van der Waals surface area contributed by atoms with Crippen molar-refractivity contribution >= 4 is 12.4 Å². The van der Waals surface area contributed by atoms with Crippen LogP contribution in [0.2, 0.25) is 0 Å². The molecule has 1 N–H and O–H groups in total. The monoisotopic (exact) mass is 263 g/mol. The van der Waals surface area contributed by atoms with Crippen molar-refractivity contribution in [3.05, 3.63) is 71.0 Å². The van der Waals surface area contributed by atoms with Gasteiger partial charge in [-0.2, -0.15) is 0 Å². The molecule has 2 aromatic carbocycles. The van der Waals surface area contributed by atoms with Crippen LogP contribution in [0.15, 0.2) is 48.5 Å². The van der Waals surface area contributed by atoms with Crippen LogP contribution in [0.3, 0.4) is 0 Å². The summed E-state index contributed by atoms with van der Waals surface area (Å²) in [4.78, 5) is 0. The first kappa shape index (κ1) is 13.1. The highest BCUT2D eigenvalue weighted by atomic mass is 35.5. The van der Waals surface area contributed by atoms with E-state index in [1.165, 1.54) is 23.3 Å². The number of hydrogen-bond donors (Lipinski definition) is 1. The van der Waals surface area contributed by atoms with Crippen molar-refractivity contribution in [1.82, 2.24) is 5.32 Å². The summed E-state index contributed by atoms with van der Waals surface area (Å²) < 4.78 is 12.9. The van der Waals surface area contributed by atoms with Crippen molar-refractivity contribution in [3.8, 4) is 0 Å². The van der Waals surface area contributed by atoms with Gasteiger partial charge in [-0.1, -0.05) is 36.4 Å². The fourth-order valence-corrected chi connectivity index (χ4v) is 2.46. The highest BCUT2D eigenvalue weighted by Crippen LogP contribution is 2.28. The van der Waals surface area contributed by atoms with E-state index < -0.39 is 0 Å². The van der Waals surface area contributed by atoms with Gasteiger partial charge in [-0.25, -0.2) is 4.39 Å². The Balaban J connectivity index is 0.00000120. The van der Waals surface area contributed by atoms with E-state index in [4.69, 9.17) is 0 Å². The molecular formula is C15H15ClFN. The van der Waals surface area contributed by atoms with Crippen LogP contribution in [-0.2, 0) is 6.42 Å². The Morgan fingerprint density at radius 1 is 1.00 bits per heavy atom. The SMILES string of the molecule is Cl.Fc1ccc(C2NCCc3ccccc32)cc1. The average Bonchev–Trinajstić information content (AvgIpc) is 2.39. The van der Waals surface area contributed by atoms with Gasteiger partial charge in [0.1, 0.15) is 5.82 Å². The molecule has 1 atom stereocenters.